The van der Waals surface area contributed by atoms with Gasteiger partial charge in [0.15, 0.2) is 0 Å². The summed E-state index contributed by atoms with van der Waals surface area (Å²) in [4.78, 5) is 0. The summed E-state index contributed by atoms with van der Waals surface area (Å²) in [6, 6.07) is 0. The van der Waals surface area contributed by atoms with Gasteiger partial charge >= 0.3 is 0 Å². The van der Waals surface area contributed by atoms with Crippen LogP contribution in [0.5, 0.6) is 0 Å². The first-order valence-electron chi connectivity index (χ1n) is 7.75. The van der Waals surface area contributed by atoms with Crippen molar-refractivity contribution < 1.29 is 4.74 Å². The highest BCUT2D eigenvalue weighted by Gasteiger charge is 2.14. The predicted octanol–water partition coefficient (Wildman–Crippen LogP) is 2.37. The summed E-state index contributed by atoms with van der Waals surface area (Å²) >= 11 is 0. The zero-order valence-electron chi connectivity index (χ0n) is 13.1. The fourth-order valence-corrected chi connectivity index (χ4v) is 2.47. The van der Waals surface area contributed by atoms with E-state index in [2.05, 4.69) is 36.4 Å². The smallest absolute Gasteiger partial charge is 0.0965 e. The quantitative estimate of drug-likeness (QED) is 0.779. The van der Waals surface area contributed by atoms with E-state index in [1.807, 2.05) is 10.9 Å². The van der Waals surface area contributed by atoms with Crippen LogP contribution in [-0.2, 0) is 17.8 Å². The lowest BCUT2D eigenvalue weighted by molar-refractivity contribution is 0.0926. The monoisotopic (exact) mass is 280 g/mol. The van der Waals surface area contributed by atoms with Crippen molar-refractivity contribution in [1.82, 2.24) is 20.3 Å². The molecule has 0 saturated heterocycles. The van der Waals surface area contributed by atoms with Gasteiger partial charge in [-0.1, -0.05) is 18.1 Å². The summed E-state index contributed by atoms with van der Waals surface area (Å²) in [5.41, 5.74) is 1.09. The topological polar surface area (TPSA) is 52.0 Å². The number of hydrogen-bond acceptors (Lipinski definition) is 4. The van der Waals surface area contributed by atoms with Crippen molar-refractivity contribution in [3.8, 4) is 0 Å². The van der Waals surface area contributed by atoms with Crippen molar-refractivity contribution in [2.24, 2.45) is 5.92 Å². The van der Waals surface area contributed by atoms with Crippen molar-refractivity contribution >= 4 is 0 Å². The van der Waals surface area contributed by atoms with E-state index < -0.39 is 0 Å². The Bertz CT molecular complexity index is 391. The first-order chi connectivity index (χ1) is 9.53. The summed E-state index contributed by atoms with van der Waals surface area (Å²) in [5, 5.41) is 11.7. The van der Waals surface area contributed by atoms with Crippen LogP contribution < -0.4 is 5.32 Å². The second-order valence-electron chi connectivity index (χ2n) is 6.80. The first-order valence-corrected chi connectivity index (χ1v) is 7.75. The summed E-state index contributed by atoms with van der Waals surface area (Å²) in [5.74, 6) is 0.789. The lowest BCUT2D eigenvalue weighted by Gasteiger charge is -2.19. The average molecular weight is 280 g/mol. The fourth-order valence-electron chi connectivity index (χ4n) is 2.47. The number of ether oxygens (including phenoxy) is 1. The molecule has 0 aromatic carbocycles. The fraction of sp³-hybridized carbons (Fsp3) is 0.867. The third-order valence-corrected chi connectivity index (χ3v) is 3.68. The van der Waals surface area contributed by atoms with Crippen molar-refractivity contribution in [3.63, 3.8) is 0 Å². The van der Waals surface area contributed by atoms with Crippen LogP contribution in [0.15, 0.2) is 6.20 Å². The van der Waals surface area contributed by atoms with Crippen molar-refractivity contribution in [3.05, 3.63) is 11.9 Å². The van der Waals surface area contributed by atoms with E-state index in [0.29, 0.717) is 0 Å². The summed E-state index contributed by atoms with van der Waals surface area (Å²) in [7, 11) is 0. The number of nitrogens with zero attached hydrogens (tertiary/aromatic N) is 3. The van der Waals surface area contributed by atoms with E-state index in [-0.39, 0.29) is 5.54 Å². The van der Waals surface area contributed by atoms with Gasteiger partial charge in [0.1, 0.15) is 0 Å². The van der Waals surface area contributed by atoms with E-state index in [4.69, 9.17) is 4.74 Å². The van der Waals surface area contributed by atoms with Crippen LogP contribution in [0.25, 0.3) is 0 Å². The van der Waals surface area contributed by atoms with Gasteiger partial charge in [-0.25, -0.2) is 4.68 Å². The Balaban J connectivity index is 1.62. The van der Waals surface area contributed by atoms with Crippen molar-refractivity contribution in [2.75, 3.05) is 13.2 Å². The molecule has 0 spiro atoms. The molecule has 1 fully saturated rings. The number of hydrogen-bond donors (Lipinski definition) is 1. The van der Waals surface area contributed by atoms with Crippen LogP contribution >= 0.6 is 0 Å². The molecule has 114 valence electrons. The Labute approximate surface area is 122 Å². The predicted molar refractivity (Wildman–Crippen MR) is 79.4 cm³/mol. The summed E-state index contributed by atoms with van der Waals surface area (Å²) in [6.45, 7) is 9.62. The van der Waals surface area contributed by atoms with Crippen molar-refractivity contribution in [1.29, 1.82) is 0 Å². The van der Waals surface area contributed by atoms with E-state index >= 15 is 0 Å². The van der Waals surface area contributed by atoms with Gasteiger partial charge in [-0.15, -0.1) is 5.10 Å². The van der Waals surface area contributed by atoms with Crippen LogP contribution in [0.2, 0.25) is 0 Å². The zero-order chi connectivity index (χ0) is 14.4. The second kappa shape index (κ2) is 7.18. The van der Waals surface area contributed by atoms with E-state index in [0.717, 1.165) is 37.9 Å². The Morgan fingerprint density at radius 2 is 2.10 bits per heavy atom. The largest absolute Gasteiger partial charge is 0.379 e. The lowest BCUT2D eigenvalue weighted by atomic mass is 10.1. The van der Waals surface area contributed by atoms with Crippen molar-refractivity contribution in [2.45, 2.75) is 65.1 Å². The minimum atomic E-state index is 0.105. The van der Waals surface area contributed by atoms with Crippen LogP contribution in [0.3, 0.4) is 0 Å². The van der Waals surface area contributed by atoms with Gasteiger partial charge < -0.3 is 10.1 Å². The number of rotatable bonds is 7. The van der Waals surface area contributed by atoms with Gasteiger partial charge in [0.2, 0.25) is 0 Å². The van der Waals surface area contributed by atoms with Crippen LogP contribution in [0, 0.1) is 5.92 Å². The maximum atomic E-state index is 5.74. The highest BCUT2D eigenvalue weighted by atomic mass is 16.5. The average Bonchev–Trinajstić information content (AvgIpc) is 3.03. The SMILES string of the molecule is CC(C)(C)NCc1cn(CCOCC2CCCC2)nn1. The molecule has 0 aliphatic heterocycles. The van der Waals surface area contributed by atoms with Crippen LogP contribution in [0.4, 0.5) is 0 Å². The molecule has 1 aliphatic carbocycles. The molecular formula is C15H28N4O. The molecule has 5 nitrogen and oxygen atoms in total. The van der Waals surface area contributed by atoms with Gasteiger partial charge in [0, 0.05) is 24.9 Å². The van der Waals surface area contributed by atoms with Gasteiger partial charge in [0.25, 0.3) is 0 Å². The zero-order valence-corrected chi connectivity index (χ0v) is 13.1. The van der Waals surface area contributed by atoms with Crippen LogP contribution in [-0.4, -0.2) is 33.7 Å². The maximum Gasteiger partial charge on any atom is 0.0965 e. The molecule has 0 amide bonds. The highest BCUT2D eigenvalue weighted by Crippen LogP contribution is 2.24. The molecule has 5 heteroatoms. The summed E-state index contributed by atoms with van der Waals surface area (Å²) in [6.07, 6.45) is 7.43. The first kappa shape index (κ1) is 15.4. The second-order valence-corrected chi connectivity index (χ2v) is 6.80. The van der Waals surface area contributed by atoms with Gasteiger partial charge in [-0.3, -0.25) is 0 Å². The minimum Gasteiger partial charge on any atom is -0.379 e. The molecule has 0 radical (unpaired) electrons. The molecule has 2 rings (SSSR count). The van der Waals surface area contributed by atoms with Gasteiger partial charge in [0.05, 0.1) is 18.8 Å². The molecule has 1 heterocycles. The normalized spacial score (nSPS) is 16.9. The van der Waals surface area contributed by atoms with Gasteiger partial charge in [-0.05, 0) is 39.5 Å². The molecule has 1 saturated carbocycles. The third-order valence-electron chi connectivity index (χ3n) is 3.68. The number of nitrogens with one attached hydrogen (secondary N) is 1. The molecule has 0 unspecified atom stereocenters. The van der Waals surface area contributed by atoms with Gasteiger partial charge in [-0.2, -0.15) is 0 Å². The molecule has 20 heavy (non-hydrogen) atoms. The molecule has 1 aromatic rings. The molecular weight excluding hydrogens is 252 g/mol. The maximum absolute atomic E-state index is 5.74. The Hall–Kier alpha value is -0.940. The number of aromatic nitrogens is 3. The Morgan fingerprint density at radius 1 is 1.35 bits per heavy atom. The molecule has 1 aliphatic rings. The molecule has 0 bridgehead atoms. The summed E-state index contributed by atoms with van der Waals surface area (Å²) < 4.78 is 7.61. The lowest BCUT2D eigenvalue weighted by Crippen LogP contribution is -2.35. The van der Waals surface area contributed by atoms with E-state index in [9.17, 15) is 0 Å². The Morgan fingerprint density at radius 3 is 2.80 bits per heavy atom. The minimum absolute atomic E-state index is 0.105. The third kappa shape index (κ3) is 5.59. The molecule has 1 N–H and O–H groups in total. The van der Waals surface area contributed by atoms with E-state index in [1.165, 1.54) is 25.7 Å². The molecule has 1 aromatic heterocycles. The van der Waals surface area contributed by atoms with Crippen LogP contribution in [0.1, 0.15) is 52.1 Å². The standard InChI is InChI=1S/C15H28N4O/c1-15(2,3)16-10-14-11-19(18-17-14)8-9-20-12-13-6-4-5-7-13/h11,13,16H,4-10,12H2,1-3H3. The Kier molecular flexibility index (Phi) is 5.54. The van der Waals surface area contributed by atoms with E-state index in [1.54, 1.807) is 0 Å². The highest BCUT2D eigenvalue weighted by molar-refractivity contribution is 4.93. The molecule has 0 atom stereocenters.